The number of nitrogens with zero attached hydrogens (tertiary/aromatic N) is 2. The van der Waals surface area contributed by atoms with Crippen LogP contribution < -0.4 is 15.8 Å². The molecule has 0 aliphatic rings. The summed E-state index contributed by atoms with van der Waals surface area (Å²) in [4.78, 5) is 20.5. The van der Waals surface area contributed by atoms with Crippen LogP contribution in [-0.4, -0.2) is 22.5 Å². The average Bonchev–Trinajstić information content (AvgIpc) is 2.81. The van der Waals surface area contributed by atoms with E-state index in [1.165, 1.54) is 6.33 Å². The molecule has 0 saturated carbocycles. The van der Waals surface area contributed by atoms with Crippen LogP contribution in [0.3, 0.4) is 0 Å². The van der Waals surface area contributed by atoms with Gasteiger partial charge >= 0.3 is 5.97 Å². The van der Waals surface area contributed by atoms with Crippen LogP contribution in [0.1, 0.15) is 17.3 Å². The number of hydrogen-bond acceptors (Lipinski definition) is 7. The second kappa shape index (κ2) is 9.61. The summed E-state index contributed by atoms with van der Waals surface area (Å²) in [5, 5.41) is 3.23. The van der Waals surface area contributed by atoms with Crippen LogP contribution in [0, 0.1) is 0 Å². The molecular weight excluding hydrogens is 404 g/mol. The van der Waals surface area contributed by atoms with Crippen LogP contribution in [0.5, 0.6) is 11.5 Å². The van der Waals surface area contributed by atoms with Crippen molar-refractivity contribution in [2.45, 2.75) is 6.92 Å². The molecule has 0 amide bonds. The van der Waals surface area contributed by atoms with E-state index in [0.29, 0.717) is 40.8 Å². The molecule has 0 unspecified atom stereocenters. The molecule has 0 atom stereocenters. The van der Waals surface area contributed by atoms with Crippen LogP contribution >= 0.6 is 0 Å². The lowest BCUT2D eigenvalue weighted by Gasteiger charge is -2.14. The molecule has 0 fully saturated rings. The molecular formula is C25H22N4O3. The Morgan fingerprint density at radius 2 is 1.69 bits per heavy atom. The Hall–Kier alpha value is -4.39. The van der Waals surface area contributed by atoms with E-state index >= 15 is 0 Å². The van der Waals surface area contributed by atoms with Gasteiger partial charge in [0.2, 0.25) is 0 Å². The van der Waals surface area contributed by atoms with E-state index in [4.69, 9.17) is 15.2 Å². The number of carbonyl (C=O) groups is 1. The number of nitrogens with one attached hydrogen (secondary N) is 1. The second-order valence-electron chi connectivity index (χ2n) is 6.85. The van der Waals surface area contributed by atoms with Gasteiger partial charge < -0.3 is 20.5 Å². The molecule has 3 N–H and O–H groups in total. The summed E-state index contributed by atoms with van der Waals surface area (Å²) >= 11 is 0. The zero-order valence-corrected chi connectivity index (χ0v) is 17.5. The molecule has 1 heterocycles. The van der Waals surface area contributed by atoms with E-state index in [-0.39, 0.29) is 5.97 Å². The van der Waals surface area contributed by atoms with Gasteiger partial charge in [0.15, 0.2) is 0 Å². The molecule has 32 heavy (non-hydrogen) atoms. The number of esters is 1. The van der Waals surface area contributed by atoms with Gasteiger partial charge in [0.1, 0.15) is 29.5 Å². The van der Waals surface area contributed by atoms with Gasteiger partial charge in [-0.3, -0.25) is 0 Å². The van der Waals surface area contributed by atoms with Gasteiger partial charge in [-0.15, -0.1) is 0 Å². The van der Waals surface area contributed by atoms with Crippen molar-refractivity contribution in [1.29, 1.82) is 0 Å². The highest BCUT2D eigenvalue weighted by atomic mass is 16.5. The van der Waals surface area contributed by atoms with Crippen molar-refractivity contribution in [2.24, 2.45) is 0 Å². The molecule has 160 valence electrons. The third-order valence-electron chi connectivity index (χ3n) is 4.63. The van der Waals surface area contributed by atoms with E-state index < -0.39 is 0 Å². The number of aromatic nitrogens is 2. The Kier molecular flexibility index (Phi) is 6.27. The molecule has 0 radical (unpaired) electrons. The lowest BCUT2D eigenvalue weighted by molar-refractivity contribution is 0.0526. The van der Waals surface area contributed by atoms with Gasteiger partial charge in [0.05, 0.1) is 17.7 Å². The zero-order chi connectivity index (χ0) is 22.3. The Labute approximate surface area is 185 Å². The van der Waals surface area contributed by atoms with E-state index in [0.717, 1.165) is 11.3 Å². The van der Waals surface area contributed by atoms with Crippen LogP contribution in [-0.2, 0) is 4.74 Å². The van der Waals surface area contributed by atoms with Crippen LogP contribution in [0.4, 0.5) is 17.3 Å². The standard InChI is InChI=1S/C25H22N4O3/c1-2-31-25(30)18-7-6-8-19(15-18)29-24-22(23(26)27-16-28-24)17-11-13-21(14-12-17)32-20-9-4-3-5-10-20/h3-16H,2H2,1H3,(H3,26,27,28,29). The lowest BCUT2D eigenvalue weighted by atomic mass is 10.1. The summed E-state index contributed by atoms with van der Waals surface area (Å²) in [5.74, 6) is 1.93. The van der Waals surface area contributed by atoms with Crippen LogP contribution in [0.15, 0.2) is 85.2 Å². The van der Waals surface area contributed by atoms with Crippen molar-refractivity contribution in [1.82, 2.24) is 9.97 Å². The maximum Gasteiger partial charge on any atom is 0.338 e. The molecule has 4 aromatic rings. The third-order valence-corrected chi connectivity index (χ3v) is 4.63. The highest BCUT2D eigenvalue weighted by Gasteiger charge is 2.14. The van der Waals surface area contributed by atoms with E-state index in [1.807, 2.05) is 60.7 Å². The maximum atomic E-state index is 12.0. The van der Waals surface area contributed by atoms with Crippen molar-refractivity contribution >= 4 is 23.3 Å². The van der Waals surface area contributed by atoms with Crippen LogP contribution in [0.2, 0.25) is 0 Å². The summed E-state index contributed by atoms with van der Waals surface area (Å²) in [7, 11) is 0. The Bertz CT molecular complexity index is 1210. The number of nitrogens with two attached hydrogens (primary N) is 1. The molecule has 0 saturated heterocycles. The van der Waals surface area contributed by atoms with Crippen LogP contribution in [0.25, 0.3) is 11.1 Å². The molecule has 3 aromatic carbocycles. The van der Waals surface area contributed by atoms with Crippen molar-refractivity contribution < 1.29 is 14.3 Å². The number of hydrogen-bond donors (Lipinski definition) is 2. The highest BCUT2D eigenvalue weighted by Crippen LogP contribution is 2.34. The lowest BCUT2D eigenvalue weighted by Crippen LogP contribution is -2.06. The van der Waals surface area contributed by atoms with Gasteiger partial charge in [-0.2, -0.15) is 0 Å². The minimum atomic E-state index is -0.382. The van der Waals surface area contributed by atoms with Gasteiger partial charge in [-0.25, -0.2) is 14.8 Å². The molecule has 1 aromatic heterocycles. The smallest absolute Gasteiger partial charge is 0.338 e. The third kappa shape index (κ3) is 4.84. The molecule has 0 bridgehead atoms. The summed E-state index contributed by atoms with van der Waals surface area (Å²) in [5.41, 5.74) is 8.80. The number of carbonyl (C=O) groups excluding carboxylic acids is 1. The summed E-state index contributed by atoms with van der Waals surface area (Å²) in [6, 6.07) is 24.1. The summed E-state index contributed by atoms with van der Waals surface area (Å²) in [6.07, 6.45) is 1.39. The van der Waals surface area contributed by atoms with Crippen molar-refractivity contribution in [3.63, 3.8) is 0 Å². The zero-order valence-electron chi connectivity index (χ0n) is 17.5. The van der Waals surface area contributed by atoms with Gasteiger partial charge in [-0.05, 0) is 55.0 Å². The number of ether oxygens (including phenoxy) is 2. The fourth-order valence-corrected chi connectivity index (χ4v) is 3.17. The molecule has 7 heteroatoms. The van der Waals surface area contributed by atoms with Gasteiger partial charge in [0.25, 0.3) is 0 Å². The minimum absolute atomic E-state index is 0.313. The number of para-hydroxylation sites is 1. The molecule has 0 spiro atoms. The Morgan fingerprint density at radius 3 is 2.44 bits per heavy atom. The monoisotopic (exact) mass is 426 g/mol. The summed E-state index contributed by atoms with van der Waals surface area (Å²) in [6.45, 7) is 2.08. The molecule has 4 rings (SSSR count). The van der Waals surface area contributed by atoms with Crippen molar-refractivity contribution in [3.05, 3.63) is 90.8 Å². The fourth-order valence-electron chi connectivity index (χ4n) is 3.17. The Morgan fingerprint density at radius 1 is 0.938 bits per heavy atom. The quantitative estimate of drug-likeness (QED) is 0.380. The molecule has 7 nitrogen and oxygen atoms in total. The predicted octanol–water partition coefficient (Wildman–Crippen LogP) is 5.44. The number of anilines is 3. The van der Waals surface area contributed by atoms with E-state index in [2.05, 4.69) is 15.3 Å². The van der Waals surface area contributed by atoms with Gasteiger partial charge in [-0.1, -0.05) is 36.4 Å². The average molecular weight is 426 g/mol. The topological polar surface area (TPSA) is 99.4 Å². The SMILES string of the molecule is CCOC(=O)c1cccc(Nc2ncnc(N)c2-c2ccc(Oc3ccccc3)cc2)c1. The first-order chi connectivity index (χ1) is 15.6. The predicted molar refractivity (Wildman–Crippen MR) is 124 cm³/mol. The second-order valence-corrected chi connectivity index (χ2v) is 6.85. The van der Waals surface area contributed by atoms with E-state index in [1.54, 1.807) is 25.1 Å². The Balaban J connectivity index is 1.60. The highest BCUT2D eigenvalue weighted by molar-refractivity contribution is 5.91. The van der Waals surface area contributed by atoms with Crippen molar-refractivity contribution in [2.75, 3.05) is 17.7 Å². The van der Waals surface area contributed by atoms with Gasteiger partial charge in [0, 0.05) is 5.69 Å². The van der Waals surface area contributed by atoms with Crippen molar-refractivity contribution in [3.8, 4) is 22.6 Å². The molecule has 0 aliphatic heterocycles. The molecule has 0 aliphatic carbocycles. The largest absolute Gasteiger partial charge is 0.462 e. The van der Waals surface area contributed by atoms with E-state index in [9.17, 15) is 4.79 Å². The first kappa shape index (κ1) is 20.9. The fraction of sp³-hybridized carbons (Fsp3) is 0.0800. The number of benzene rings is 3. The maximum absolute atomic E-state index is 12.0. The minimum Gasteiger partial charge on any atom is -0.462 e. The summed E-state index contributed by atoms with van der Waals surface area (Å²) < 4.78 is 10.9. The number of rotatable bonds is 7. The number of nitrogen functional groups attached to an aromatic ring is 1. The first-order valence-electron chi connectivity index (χ1n) is 10.1. The first-order valence-corrected chi connectivity index (χ1v) is 10.1. The normalized spacial score (nSPS) is 10.4.